The summed E-state index contributed by atoms with van der Waals surface area (Å²) < 4.78 is 12.8. The second-order valence-electron chi connectivity index (χ2n) is 4.97. The fourth-order valence-electron chi connectivity index (χ4n) is 2.15. The van der Waals surface area contributed by atoms with Crippen molar-refractivity contribution in [3.05, 3.63) is 71.5 Å². The van der Waals surface area contributed by atoms with Crippen molar-refractivity contribution >= 4 is 0 Å². The summed E-state index contributed by atoms with van der Waals surface area (Å²) in [6.07, 6.45) is 0.288. The fourth-order valence-corrected chi connectivity index (χ4v) is 2.15. The van der Waals surface area contributed by atoms with Gasteiger partial charge in [0.1, 0.15) is 5.82 Å². The molecule has 0 aliphatic heterocycles. The minimum absolute atomic E-state index is 0.0298. The molecule has 0 saturated heterocycles. The summed E-state index contributed by atoms with van der Waals surface area (Å²) in [5.41, 5.74) is 1.99. The lowest BCUT2D eigenvalue weighted by Gasteiger charge is -2.20. The van der Waals surface area contributed by atoms with Crippen molar-refractivity contribution in [2.24, 2.45) is 0 Å². The first-order chi connectivity index (χ1) is 9.66. The second kappa shape index (κ2) is 7.17. The van der Waals surface area contributed by atoms with Crippen LogP contribution in [0.25, 0.3) is 0 Å². The van der Waals surface area contributed by atoms with Gasteiger partial charge in [-0.25, -0.2) is 4.39 Å². The maximum Gasteiger partial charge on any atom is 0.123 e. The summed E-state index contributed by atoms with van der Waals surface area (Å²) in [4.78, 5) is 0. The van der Waals surface area contributed by atoms with Gasteiger partial charge in [-0.05, 0) is 43.1 Å². The zero-order valence-electron chi connectivity index (χ0n) is 11.6. The molecule has 0 saturated carbocycles. The third-order valence-electron chi connectivity index (χ3n) is 3.41. The molecule has 2 unspecified atom stereocenters. The Morgan fingerprint density at radius 3 is 2.35 bits per heavy atom. The first-order valence-electron chi connectivity index (χ1n) is 6.87. The summed E-state index contributed by atoms with van der Waals surface area (Å²) in [5, 5.41) is 13.5. The highest BCUT2D eigenvalue weighted by Crippen LogP contribution is 2.15. The van der Waals surface area contributed by atoms with Crippen molar-refractivity contribution in [3.8, 4) is 0 Å². The van der Waals surface area contributed by atoms with E-state index in [-0.39, 0.29) is 11.9 Å². The molecule has 2 aromatic rings. The van der Waals surface area contributed by atoms with Gasteiger partial charge in [-0.2, -0.15) is 0 Å². The second-order valence-corrected chi connectivity index (χ2v) is 4.97. The Morgan fingerprint density at radius 1 is 1.05 bits per heavy atom. The van der Waals surface area contributed by atoms with Gasteiger partial charge in [-0.3, -0.25) is 0 Å². The maximum atomic E-state index is 12.8. The number of hydrogen-bond donors (Lipinski definition) is 2. The van der Waals surface area contributed by atoms with Crippen LogP contribution < -0.4 is 5.32 Å². The molecule has 0 bridgehead atoms. The minimum atomic E-state index is -0.524. The molecule has 0 spiro atoms. The van der Waals surface area contributed by atoms with Crippen LogP contribution in [0.2, 0.25) is 0 Å². The van der Waals surface area contributed by atoms with Gasteiger partial charge in [0, 0.05) is 6.04 Å². The summed E-state index contributed by atoms with van der Waals surface area (Å²) in [6.45, 7) is 2.71. The van der Waals surface area contributed by atoms with E-state index in [4.69, 9.17) is 0 Å². The average molecular weight is 273 g/mol. The quantitative estimate of drug-likeness (QED) is 0.847. The van der Waals surface area contributed by atoms with Crippen molar-refractivity contribution in [1.29, 1.82) is 0 Å². The van der Waals surface area contributed by atoms with Crippen LogP contribution in [0.15, 0.2) is 54.6 Å². The van der Waals surface area contributed by atoms with E-state index >= 15 is 0 Å². The highest BCUT2D eigenvalue weighted by molar-refractivity contribution is 5.19. The van der Waals surface area contributed by atoms with E-state index in [0.29, 0.717) is 0 Å². The third-order valence-corrected chi connectivity index (χ3v) is 3.41. The van der Waals surface area contributed by atoms with Gasteiger partial charge in [0.25, 0.3) is 0 Å². The minimum Gasteiger partial charge on any atom is -0.387 e. The predicted molar refractivity (Wildman–Crippen MR) is 79.0 cm³/mol. The van der Waals surface area contributed by atoms with Gasteiger partial charge >= 0.3 is 0 Å². The number of aliphatic hydroxyl groups excluding tert-OH is 1. The van der Waals surface area contributed by atoms with Crippen molar-refractivity contribution < 1.29 is 9.50 Å². The number of hydrogen-bond acceptors (Lipinski definition) is 2. The summed E-state index contributed by atoms with van der Waals surface area (Å²) >= 11 is 0. The molecule has 3 heteroatoms. The molecule has 2 nitrogen and oxygen atoms in total. The topological polar surface area (TPSA) is 32.3 Å². The van der Waals surface area contributed by atoms with E-state index in [2.05, 4.69) is 5.32 Å². The van der Waals surface area contributed by atoms with Crippen LogP contribution in [-0.4, -0.2) is 17.7 Å². The molecule has 2 rings (SSSR count). The Bertz CT molecular complexity index is 512. The maximum absolute atomic E-state index is 12.8. The molecule has 0 aromatic heterocycles. The Balaban J connectivity index is 1.80. The smallest absolute Gasteiger partial charge is 0.123 e. The van der Waals surface area contributed by atoms with Crippen LogP contribution >= 0.6 is 0 Å². The molecule has 0 aliphatic carbocycles. The van der Waals surface area contributed by atoms with Crippen molar-refractivity contribution in [3.63, 3.8) is 0 Å². The molecular weight excluding hydrogens is 253 g/mol. The third kappa shape index (κ3) is 4.15. The Labute approximate surface area is 119 Å². The first-order valence-corrected chi connectivity index (χ1v) is 6.87. The lowest BCUT2D eigenvalue weighted by Crippen LogP contribution is -2.33. The lowest BCUT2D eigenvalue weighted by molar-refractivity contribution is 0.136. The van der Waals surface area contributed by atoms with E-state index in [1.807, 2.05) is 37.3 Å². The summed E-state index contributed by atoms with van der Waals surface area (Å²) in [5.74, 6) is -0.213. The van der Waals surface area contributed by atoms with E-state index in [9.17, 15) is 9.50 Å². The zero-order chi connectivity index (χ0) is 14.4. The number of nitrogens with one attached hydrogen (secondary N) is 1. The summed E-state index contributed by atoms with van der Waals surface area (Å²) in [6, 6.07) is 16.1. The molecule has 0 heterocycles. The predicted octanol–water partition coefficient (Wildman–Crippen LogP) is 3.08. The lowest BCUT2D eigenvalue weighted by atomic mass is 10.0. The van der Waals surface area contributed by atoms with Crippen LogP contribution in [-0.2, 0) is 6.42 Å². The van der Waals surface area contributed by atoms with Gasteiger partial charge < -0.3 is 10.4 Å². The number of aliphatic hydroxyl groups is 1. The van der Waals surface area contributed by atoms with Crippen molar-refractivity contribution in [2.75, 3.05) is 6.54 Å². The number of halogens is 1. The standard InChI is InChI=1S/C17H20FNO/c1-13(17(20)15-5-3-2-4-6-15)19-12-11-14-7-9-16(18)10-8-14/h2-10,13,17,19-20H,11-12H2,1H3. The highest BCUT2D eigenvalue weighted by atomic mass is 19.1. The molecule has 20 heavy (non-hydrogen) atoms. The largest absolute Gasteiger partial charge is 0.387 e. The van der Waals surface area contributed by atoms with Crippen molar-refractivity contribution in [1.82, 2.24) is 5.32 Å². The summed E-state index contributed by atoms with van der Waals surface area (Å²) in [7, 11) is 0. The molecule has 0 amide bonds. The molecule has 0 radical (unpaired) electrons. The van der Waals surface area contributed by atoms with Crippen LogP contribution in [0, 0.1) is 5.82 Å². The van der Waals surface area contributed by atoms with Gasteiger partial charge in [-0.1, -0.05) is 42.5 Å². The first kappa shape index (κ1) is 14.7. The van der Waals surface area contributed by atoms with Crippen LogP contribution in [0.4, 0.5) is 4.39 Å². The molecule has 2 N–H and O–H groups in total. The Kier molecular flexibility index (Phi) is 5.27. The molecule has 0 fully saturated rings. The zero-order valence-corrected chi connectivity index (χ0v) is 11.6. The van der Waals surface area contributed by atoms with Gasteiger partial charge in [0.15, 0.2) is 0 Å². The number of rotatable bonds is 6. The molecule has 0 aliphatic rings. The SMILES string of the molecule is CC(NCCc1ccc(F)cc1)C(O)c1ccccc1. The molecular formula is C17H20FNO. The average Bonchev–Trinajstić information content (AvgIpc) is 2.49. The monoisotopic (exact) mass is 273 g/mol. The normalized spacial score (nSPS) is 13.9. The van der Waals surface area contributed by atoms with E-state index in [0.717, 1.165) is 24.1 Å². The Hall–Kier alpha value is -1.71. The van der Waals surface area contributed by atoms with E-state index in [1.54, 1.807) is 12.1 Å². The number of benzene rings is 2. The van der Waals surface area contributed by atoms with Crippen LogP contribution in [0.1, 0.15) is 24.2 Å². The Morgan fingerprint density at radius 2 is 1.70 bits per heavy atom. The molecule has 2 aromatic carbocycles. The highest BCUT2D eigenvalue weighted by Gasteiger charge is 2.14. The van der Waals surface area contributed by atoms with Gasteiger partial charge in [0.2, 0.25) is 0 Å². The van der Waals surface area contributed by atoms with Gasteiger partial charge in [0.05, 0.1) is 6.10 Å². The fraction of sp³-hybridized carbons (Fsp3) is 0.294. The molecule has 106 valence electrons. The van der Waals surface area contributed by atoms with E-state index < -0.39 is 6.10 Å². The molecule has 2 atom stereocenters. The van der Waals surface area contributed by atoms with Crippen LogP contribution in [0.5, 0.6) is 0 Å². The van der Waals surface area contributed by atoms with E-state index in [1.165, 1.54) is 12.1 Å². The van der Waals surface area contributed by atoms with Crippen LogP contribution in [0.3, 0.4) is 0 Å². The van der Waals surface area contributed by atoms with Gasteiger partial charge in [-0.15, -0.1) is 0 Å². The van der Waals surface area contributed by atoms with Crippen molar-refractivity contribution in [2.45, 2.75) is 25.5 Å².